The molecule has 1 aromatic heterocycles. The number of nitrogens with zero attached hydrogens (tertiary/aromatic N) is 2. The highest BCUT2D eigenvalue weighted by atomic mass is 32.2. The third-order valence-electron chi connectivity index (χ3n) is 3.61. The molecule has 2 unspecified atom stereocenters. The Bertz CT molecular complexity index is 435. The molecule has 2 rings (SSSR count). The van der Waals surface area contributed by atoms with E-state index in [2.05, 4.69) is 56.6 Å². The third kappa shape index (κ3) is 4.86. The van der Waals surface area contributed by atoms with E-state index in [9.17, 15) is 0 Å². The predicted octanol–water partition coefficient (Wildman–Crippen LogP) is 3.92. The highest BCUT2D eigenvalue weighted by Crippen LogP contribution is 2.33. The van der Waals surface area contributed by atoms with Crippen molar-refractivity contribution in [3.8, 4) is 0 Å². The first-order valence-corrected chi connectivity index (χ1v) is 9.87. The fourth-order valence-corrected chi connectivity index (χ4v) is 5.11. The van der Waals surface area contributed by atoms with Crippen LogP contribution >= 0.6 is 23.1 Å². The van der Waals surface area contributed by atoms with Gasteiger partial charge >= 0.3 is 0 Å². The molecule has 120 valence electrons. The molecule has 1 N–H and O–H groups in total. The van der Waals surface area contributed by atoms with Crippen molar-refractivity contribution in [2.75, 3.05) is 18.0 Å². The molecular weight excluding hydrogens is 298 g/mol. The zero-order valence-electron chi connectivity index (χ0n) is 14.0. The van der Waals surface area contributed by atoms with Crippen LogP contribution in [0.5, 0.6) is 0 Å². The lowest BCUT2D eigenvalue weighted by Gasteiger charge is -2.34. The number of thioether (sulfide) groups is 1. The van der Waals surface area contributed by atoms with Crippen LogP contribution in [0.1, 0.15) is 51.6 Å². The van der Waals surface area contributed by atoms with Crippen molar-refractivity contribution in [1.29, 1.82) is 0 Å². The fraction of sp³-hybridized carbons (Fsp3) is 0.812. The topological polar surface area (TPSA) is 28.2 Å². The Morgan fingerprint density at radius 1 is 1.29 bits per heavy atom. The summed E-state index contributed by atoms with van der Waals surface area (Å²) in [4.78, 5) is 8.89. The van der Waals surface area contributed by atoms with Crippen LogP contribution in [0.4, 0.5) is 5.13 Å². The van der Waals surface area contributed by atoms with Gasteiger partial charge in [-0.1, -0.05) is 41.0 Å². The van der Waals surface area contributed by atoms with Gasteiger partial charge in [-0.05, 0) is 6.42 Å². The van der Waals surface area contributed by atoms with Gasteiger partial charge in [-0.15, -0.1) is 11.3 Å². The number of nitrogens with one attached hydrogen (secondary N) is 1. The highest BCUT2D eigenvalue weighted by molar-refractivity contribution is 8.00. The summed E-state index contributed by atoms with van der Waals surface area (Å²) in [7, 11) is 0. The third-order valence-corrected chi connectivity index (χ3v) is 6.00. The summed E-state index contributed by atoms with van der Waals surface area (Å²) in [6.07, 6.45) is 2.26. The summed E-state index contributed by atoms with van der Waals surface area (Å²) < 4.78 is 0. The summed E-state index contributed by atoms with van der Waals surface area (Å²) in [6, 6.07) is 0.524. The van der Waals surface area contributed by atoms with Gasteiger partial charge in [-0.2, -0.15) is 11.8 Å². The van der Waals surface area contributed by atoms with Crippen LogP contribution in [0.15, 0.2) is 0 Å². The van der Waals surface area contributed by atoms with Crippen LogP contribution in [-0.4, -0.2) is 34.6 Å². The van der Waals surface area contributed by atoms with E-state index in [1.54, 1.807) is 0 Å². The van der Waals surface area contributed by atoms with Crippen molar-refractivity contribution in [1.82, 2.24) is 10.3 Å². The predicted molar refractivity (Wildman–Crippen MR) is 96.8 cm³/mol. The van der Waals surface area contributed by atoms with Crippen LogP contribution < -0.4 is 10.2 Å². The quantitative estimate of drug-likeness (QED) is 0.857. The molecule has 21 heavy (non-hydrogen) atoms. The maximum Gasteiger partial charge on any atom is 0.185 e. The first-order chi connectivity index (χ1) is 9.99. The summed E-state index contributed by atoms with van der Waals surface area (Å²) in [6.45, 7) is 14.5. The fourth-order valence-electron chi connectivity index (χ4n) is 2.71. The van der Waals surface area contributed by atoms with Gasteiger partial charge in [0.1, 0.15) is 0 Å². The normalized spacial score (nSPS) is 23.0. The number of aromatic nitrogens is 1. The molecule has 0 saturated carbocycles. The molecular formula is C16H29N3S2. The Morgan fingerprint density at radius 3 is 2.52 bits per heavy atom. The summed E-state index contributed by atoms with van der Waals surface area (Å²) in [5.41, 5.74) is 1.31. The van der Waals surface area contributed by atoms with E-state index in [4.69, 9.17) is 4.98 Å². The van der Waals surface area contributed by atoms with E-state index in [1.807, 2.05) is 11.3 Å². The van der Waals surface area contributed by atoms with Gasteiger partial charge in [0.2, 0.25) is 0 Å². The van der Waals surface area contributed by atoms with Crippen molar-refractivity contribution in [3.05, 3.63) is 10.6 Å². The van der Waals surface area contributed by atoms with E-state index < -0.39 is 0 Å². The number of anilines is 1. The van der Waals surface area contributed by atoms with Crippen LogP contribution in [0.2, 0.25) is 0 Å². The number of hydrogen-bond acceptors (Lipinski definition) is 5. The minimum Gasteiger partial charge on any atom is -0.346 e. The second kappa shape index (κ2) is 7.84. The number of rotatable bonds is 6. The molecule has 0 radical (unpaired) electrons. The van der Waals surface area contributed by atoms with Crippen molar-refractivity contribution >= 4 is 28.2 Å². The molecule has 2 heterocycles. The van der Waals surface area contributed by atoms with Gasteiger partial charge in [0.15, 0.2) is 5.13 Å². The monoisotopic (exact) mass is 327 g/mol. The molecule has 3 nitrogen and oxygen atoms in total. The smallest absolute Gasteiger partial charge is 0.185 e. The molecule has 0 aromatic carbocycles. The van der Waals surface area contributed by atoms with E-state index in [-0.39, 0.29) is 0 Å². The maximum absolute atomic E-state index is 4.97. The number of aryl methyl sites for hydroxylation is 1. The molecule has 1 fully saturated rings. The molecule has 5 heteroatoms. The molecule has 1 aromatic rings. The van der Waals surface area contributed by atoms with Crippen molar-refractivity contribution in [3.63, 3.8) is 0 Å². The minimum absolute atomic E-state index is 0.524. The Hall–Kier alpha value is -0.260. The van der Waals surface area contributed by atoms with Gasteiger partial charge in [-0.25, -0.2) is 4.98 Å². The molecule has 2 atom stereocenters. The molecule has 0 amide bonds. The van der Waals surface area contributed by atoms with E-state index in [0.717, 1.165) is 26.1 Å². The standard InChI is InChI=1S/C16H29N3S2/c1-6-7-14-15(8-17-11(2)3)21-16(18-14)19-9-12(4)20-13(5)10-19/h11-13,17H,6-10H2,1-5H3. The average Bonchev–Trinajstić information content (AvgIpc) is 2.79. The Balaban J connectivity index is 2.13. The Morgan fingerprint density at radius 2 is 1.95 bits per heavy atom. The summed E-state index contributed by atoms with van der Waals surface area (Å²) in [5, 5.41) is 6.17. The van der Waals surface area contributed by atoms with Gasteiger partial charge in [0.25, 0.3) is 0 Å². The van der Waals surface area contributed by atoms with E-state index >= 15 is 0 Å². The first kappa shape index (κ1) is 17.1. The van der Waals surface area contributed by atoms with E-state index in [0.29, 0.717) is 16.5 Å². The maximum atomic E-state index is 4.97. The van der Waals surface area contributed by atoms with Crippen molar-refractivity contribution in [2.45, 2.75) is 70.5 Å². The molecule has 0 spiro atoms. The lowest BCUT2D eigenvalue weighted by molar-refractivity contribution is 0.589. The highest BCUT2D eigenvalue weighted by Gasteiger charge is 2.25. The lowest BCUT2D eigenvalue weighted by atomic mass is 10.2. The van der Waals surface area contributed by atoms with Gasteiger partial charge in [0.05, 0.1) is 5.69 Å². The minimum atomic E-state index is 0.524. The molecule has 1 saturated heterocycles. The number of hydrogen-bond donors (Lipinski definition) is 1. The van der Waals surface area contributed by atoms with Crippen molar-refractivity contribution < 1.29 is 0 Å². The average molecular weight is 328 g/mol. The van der Waals surface area contributed by atoms with E-state index in [1.165, 1.54) is 22.1 Å². The zero-order valence-corrected chi connectivity index (χ0v) is 15.6. The van der Waals surface area contributed by atoms with Crippen molar-refractivity contribution in [2.24, 2.45) is 0 Å². The van der Waals surface area contributed by atoms with Gasteiger partial charge in [0, 0.05) is 41.1 Å². The Labute approximate surface area is 137 Å². The second-order valence-corrected chi connectivity index (χ2v) is 9.26. The first-order valence-electron chi connectivity index (χ1n) is 8.12. The zero-order chi connectivity index (χ0) is 15.4. The van der Waals surface area contributed by atoms with Gasteiger partial charge in [-0.3, -0.25) is 0 Å². The SMILES string of the molecule is CCCc1nc(N2CC(C)SC(C)C2)sc1CNC(C)C. The lowest BCUT2D eigenvalue weighted by Crippen LogP contribution is -2.40. The molecule has 0 bridgehead atoms. The molecule has 1 aliphatic heterocycles. The Kier molecular flexibility index (Phi) is 6.38. The largest absolute Gasteiger partial charge is 0.346 e. The van der Waals surface area contributed by atoms with Crippen LogP contribution in [-0.2, 0) is 13.0 Å². The number of thiazole rings is 1. The van der Waals surface area contributed by atoms with Crippen LogP contribution in [0.3, 0.4) is 0 Å². The summed E-state index contributed by atoms with van der Waals surface area (Å²) >= 11 is 3.99. The molecule has 1 aliphatic rings. The molecule has 0 aliphatic carbocycles. The van der Waals surface area contributed by atoms with Crippen LogP contribution in [0, 0.1) is 0 Å². The second-order valence-electron chi connectivity index (χ2n) is 6.31. The van der Waals surface area contributed by atoms with Crippen LogP contribution in [0.25, 0.3) is 0 Å². The van der Waals surface area contributed by atoms with Gasteiger partial charge < -0.3 is 10.2 Å². The summed E-state index contributed by atoms with van der Waals surface area (Å²) in [5.74, 6) is 0.